The predicted octanol–water partition coefficient (Wildman–Crippen LogP) is 1.63. The van der Waals surface area contributed by atoms with Crippen molar-refractivity contribution in [2.45, 2.75) is 31.7 Å². The predicted molar refractivity (Wildman–Crippen MR) is 115 cm³/mol. The van der Waals surface area contributed by atoms with Crippen LogP contribution in [0.15, 0.2) is 24.8 Å². The number of piperidine rings is 1. The lowest BCUT2D eigenvalue weighted by Crippen LogP contribution is -2.51. The molecule has 3 aromatic rings. The second kappa shape index (κ2) is 8.07. The number of hydrogen-bond acceptors (Lipinski definition) is 6. The van der Waals surface area contributed by atoms with E-state index in [2.05, 4.69) is 31.4 Å². The fourth-order valence-electron chi connectivity index (χ4n) is 4.21. The van der Waals surface area contributed by atoms with E-state index in [0.717, 1.165) is 18.4 Å². The third-order valence-electron chi connectivity index (χ3n) is 6.26. The Morgan fingerprint density at radius 2 is 2.03 bits per heavy atom. The Morgan fingerprint density at radius 3 is 2.69 bits per heavy atom. The molecule has 2 fully saturated rings. The Hall–Kier alpha value is -3.74. The summed E-state index contributed by atoms with van der Waals surface area (Å²) in [5.41, 5.74) is 2.76. The van der Waals surface area contributed by atoms with E-state index in [9.17, 15) is 9.59 Å². The van der Waals surface area contributed by atoms with Crippen molar-refractivity contribution >= 4 is 23.0 Å². The molecule has 2 aliphatic rings. The Labute approximate surface area is 184 Å². The fraction of sp³-hybridized carbons (Fsp3) is 0.455. The molecule has 10 nitrogen and oxygen atoms in total. The van der Waals surface area contributed by atoms with Gasteiger partial charge in [-0.2, -0.15) is 10.4 Å². The summed E-state index contributed by atoms with van der Waals surface area (Å²) in [7, 11) is 1.82. The SMILES string of the molecule is Cn1cc(-c2cnc3[nH]cc(C(=O)NC(C(=O)N4CCC(C#N)CC4)C4CC4)c3n2)cn1. The molecule has 0 bridgehead atoms. The van der Waals surface area contributed by atoms with Crippen LogP contribution in [-0.2, 0) is 11.8 Å². The number of aryl methyl sites for hydroxylation is 1. The number of amides is 2. The molecule has 4 heterocycles. The maximum Gasteiger partial charge on any atom is 0.255 e. The molecule has 2 amide bonds. The number of likely N-dealkylation sites (tertiary alicyclic amines) is 1. The van der Waals surface area contributed by atoms with Crippen LogP contribution < -0.4 is 5.32 Å². The van der Waals surface area contributed by atoms with Crippen LogP contribution in [0.5, 0.6) is 0 Å². The molecule has 0 aromatic carbocycles. The molecule has 164 valence electrons. The highest BCUT2D eigenvalue weighted by atomic mass is 16.2. The van der Waals surface area contributed by atoms with E-state index in [1.165, 1.54) is 0 Å². The van der Waals surface area contributed by atoms with Crippen molar-refractivity contribution < 1.29 is 9.59 Å². The first-order chi connectivity index (χ1) is 15.5. The summed E-state index contributed by atoms with van der Waals surface area (Å²) in [5.74, 6) is -0.237. The van der Waals surface area contributed by atoms with E-state index in [-0.39, 0.29) is 23.7 Å². The van der Waals surface area contributed by atoms with E-state index in [4.69, 9.17) is 5.26 Å². The first-order valence-electron chi connectivity index (χ1n) is 10.9. The van der Waals surface area contributed by atoms with Gasteiger partial charge < -0.3 is 15.2 Å². The van der Waals surface area contributed by atoms with Gasteiger partial charge >= 0.3 is 0 Å². The van der Waals surface area contributed by atoms with E-state index in [1.54, 1.807) is 28.2 Å². The third-order valence-corrected chi connectivity index (χ3v) is 6.26. The molecule has 0 spiro atoms. The second-order valence-corrected chi connectivity index (χ2v) is 8.57. The number of nitrogens with zero attached hydrogens (tertiary/aromatic N) is 6. The molecule has 0 radical (unpaired) electrons. The van der Waals surface area contributed by atoms with Crippen LogP contribution in [0.4, 0.5) is 0 Å². The van der Waals surface area contributed by atoms with Crippen molar-refractivity contribution in [3.63, 3.8) is 0 Å². The zero-order valence-corrected chi connectivity index (χ0v) is 17.8. The van der Waals surface area contributed by atoms with Gasteiger partial charge in [0.15, 0.2) is 5.65 Å². The average molecular weight is 432 g/mol. The van der Waals surface area contributed by atoms with Crippen LogP contribution in [0.3, 0.4) is 0 Å². The zero-order valence-electron chi connectivity index (χ0n) is 17.8. The van der Waals surface area contributed by atoms with Gasteiger partial charge in [0, 0.05) is 44.0 Å². The lowest BCUT2D eigenvalue weighted by Gasteiger charge is -2.32. The van der Waals surface area contributed by atoms with Crippen LogP contribution in [0, 0.1) is 23.2 Å². The first kappa shape index (κ1) is 20.2. The highest BCUT2D eigenvalue weighted by Gasteiger charge is 2.40. The van der Waals surface area contributed by atoms with Gasteiger partial charge in [-0.15, -0.1) is 0 Å². The summed E-state index contributed by atoms with van der Waals surface area (Å²) in [5, 5.41) is 16.2. The molecule has 10 heteroatoms. The molecule has 3 aromatic heterocycles. The highest BCUT2D eigenvalue weighted by Crippen LogP contribution is 2.34. The van der Waals surface area contributed by atoms with E-state index in [1.807, 2.05) is 13.2 Å². The van der Waals surface area contributed by atoms with Crippen LogP contribution >= 0.6 is 0 Å². The number of carbonyl (C=O) groups excluding carboxylic acids is 2. The van der Waals surface area contributed by atoms with Gasteiger partial charge in [-0.05, 0) is 31.6 Å². The molecule has 1 aliphatic carbocycles. The monoisotopic (exact) mass is 432 g/mol. The minimum Gasteiger partial charge on any atom is -0.344 e. The van der Waals surface area contributed by atoms with Gasteiger partial charge in [-0.3, -0.25) is 14.3 Å². The maximum absolute atomic E-state index is 13.2. The second-order valence-electron chi connectivity index (χ2n) is 8.57. The number of aromatic amines is 1. The molecule has 2 N–H and O–H groups in total. The average Bonchev–Trinajstić information content (AvgIpc) is 3.42. The van der Waals surface area contributed by atoms with Crippen LogP contribution in [-0.4, -0.2) is 60.6 Å². The number of nitriles is 1. The molecule has 1 saturated carbocycles. The number of fused-ring (bicyclic) bond motifs is 1. The third kappa shape index (κ3) is 3.82. The van der Waals surface area contributed by atoms with Gasteiger partial charge in [0.05, 0.1) is 29.7 Å². The lowest BCUT2D eigenvalue weighted by molar-refractivity contribution is -0.135. The minimum atomic E-state index is -0.555. The Bertz CT molecular complexity index is 1210. The molecule has 5 rings (SSSR count). The highest BCUT2D eigenvalue weighted by molar-refractivity contribution is 6.06. The zero-order chi connectivity index (χ0) is 22.2. The molecule has 1 aliphatic heterocycles. The summed E-state index contributed by atoms with van der Waals surface area (Å²) in [6.07, 6.45) is 9.96. The summed E-state index contributed by atoms with van der Waals surface area (Å²) >= 11 is 0. The smallest absolute Gasteiger partial charge is 0.255 e. The van der Waals surface area contributed by atoms with Crippen molar-refractivity contribution in [3.8, 4) is 17.3 Å². The molecule has 1 atom stereocenters. The lowest BCUT2D eigenvalue weighted by atomic mass is 9.97. The number of hydrogen-bond donors (Lipinski definition) is 2. The topological polar surface area (TPSA) is 133 Å². The summed E-state index contributed by atoms with van der Waals surface area (Å²) < 4.78 is 1.68. The van der Waals surface area contributed by atoms with Crippen molar-refractivity contribution in [3.05, 3.63) is 30.4 Å². The molecular formula is C22H24N8O2. The number of rotatable bonds is 5. The molecule has 1 saturated heterocycles. The van der Waals surface area contributed by atoms with Crippen molar-refractivity contribution in [1.82, 2.24) is 34.9 Å². The standard InChI is InChI=1S/C22H24N8O2/c1-29-12-15(9-26-29)17-11-25-20-19(27-17)16(10-24-20)21(31)28-18(14-2-3-14)22(32)30-6-4-13(8-23)5-7-30/h9-14,18H,2-7H2,1H3,(H,24,25)(H,28,31). The summed E-state index contributed by atoms with van der Waals surface area (Å²) in [6, 6.07) is 1.73. The first-order valence-corrected chi connectivity index (χ1v) is 10.9. The van der Waals surface area contributed by atoms with Gasteiger partial charge in [0.1, 0.15) is 11.6 Å². The quantitative estimate of drug-likeness (QED) is 0.630. The molecular weight excluding hydrogens is 408 g/mol. The van der Waals surface area contributed by atoms with Crippen LogP contribution in [0.2, 0.25) is 0 Å². The number of carbonyl (C=O) groups is 2. The van der Waals surface area contributed by atoms with Crippen molar-refractivity contribution in [2.75, 3.05) is 13.1 Å². The van der Waals surface area contributed by atoms with E-state index >= 15 is 0 Å². The van der Waals surface area contributed by atoms with Crippen LogP contribution in [0.25, 0.3) is 22.4 Å². The number of aromatic nitrogens is 5. The van der Waals surface area contributed by atoms with Gasteiger partial charge in [-0.1, -0.05) is 0 Å². The molecule has 32 heavy (non-hydrogen) atoms. The minimum absolute atomic E-state index is 0.00632. The van der Waals surface area contributed by atoms with Crippen molar-refractivity contribution in [1.29, 1.82) is 5.26 Å². The fourth-order valence-corrected chi connectivity index (χ4v) is 4.21. The van der Waals surface area contributed by atoms with Gasteiger partial charge in [-0.25, -0.2) is 9.97 Å². The van der Waals surface area contributed by atoms with Gasteiger partial charge in [0.25, 0.3) is 5.91 Å². The van der Waals surface area contributed by atoms with Crippen LogP contribution in [0.1, 0.15) is 36.0 Å². The summed E-state index contributed by atoms with van der Waals surface area (Å²) in [4.78, 5) is 40.1. The number of H-pyrrole nitrogens is 1. The van der Waals surface area contributed by atoms with E-state index in [0.29, 0.717) is 48.4 Å². The maximum atomic E-state index is 13.2. The normalized spacial score (nSPS) is 17.8. The van der Waals surface area contributed by atoms with Gasteiger partial charge in [0.2, 0.25) is 5.91 Å². The van der Waals surface area contributed by atoms with Crippen molar-refractivity contribution in [2.24, 2.45) is 18.9 Å². The van der Waals surface area contributed by atoms with E-state index < -0.39 is 6.04 Å². The number of nitrogens with one attached hydrogen (secondary N) is 2. The molecule has 1 unspecified atom stereocenters. The Morgan fingerprint density at radius 1 is 1.25 bits per heavy atom. The largest absolute Gasteiger partial charge is 0.344 e. The Balaban J connectivity index is 1.36. The Kier molecular flexibility index (Phi) is 5.09. The summed E-state index contributed by atoms with van der Waals surface area (Å²) in [6.45, 7) is 1.12.